The van der Waals surface area contributed by atoms with Crippen molar-refractivity contribution in [3.8, 4) is 5.69 Å². The normalized spacial score (nSPS) is 14.6. The molecule has 0 spiro atoms. The summed E-state index contributed by atoms with van der Waals surface area (Å²) in [4.78, 5) is 2.48. The maximum Gasteiger partial charge on any atom is 0.0560 e. The van der Waals surface area contributed by atoms with Gasteiger partial charge in [0.05, 0.1) is 17.1 Å². The Bertz CT molecular complexity index is 2800. The van der Waals surface area contributed by atoms with E-state index < -0.39 is 0 Å². The van der Waals surface area contributed by atoms with Crippen molar-refractivity contribution in [1.29, 1.82) is 0 Å². The van der Waals surface area contributed by atoms with E-state index in [1.807, 2.05) is 0 Å². The molecule has 1 aliphatic rings. The van der Waals surface area contributed by atoms with Crippen molar-refractivity contribution in [2.75, 3.05) is 4.90 Å². The number of aromatic nitrogens is 1. The lowest BCUT2D eigenvalue weighted by atomic mass is 9.94. The van der Waals surface area contributed by atoms with Crippen LogP contribution >= 0.6 is 0 Å². The third-order valence-electron chi connectivity index (χ3n) is 10.4. The number of rotatable bonds is 5. The largest absolute Gasteiger partial charge is 0.334 e. The number of para-hydroxylation sites is 2. The molecule has 8 aromatic carbocycles. The number of anilines is 2. The number of hydrogen-bond donors (Lipinski definition) is 0. The first kappa shape index (κ1) is 28.6. The number of hydrogen-bond acceptors (Lipinski definition) is 1. The summed E-state index contributed by atoms with van der Waals surface area (Å²) in [6.45, 7) is 0. The molecule has 9 aromatic rings. The molecule has 1 aliphatic carbocycles. The topological polar surface area (TPSA) is 8.17 Å². The minimum Gasteiger partial charge on any atom is -0.334 e. The zero-order valence-corrected chi connectivity index (χ0v) is 27.6. The highest BCUT2D eigenvalue weighted by molar-refractivity contribution is 6.13. The fourth-order valence-electron chi connectivity index (χ4n) is 7.95. The summed E-state index contributed by atoms with van der Waals surface area (Å²) in [5.41, 5.74) is 8.57. The quantitative estimate of drug-likeness (QED) is 0.182. The molecule has 1 heterocycles. The van der Waals surface area contributed by atoms with Gasteiger partial charge in [0.15, 0.2) is 0 Å². The van der Waals surface area contributed by atoms with Crippen LogP contribution < -0.4 is 4.90 Å². The van der Waals surface area contributed by atoms with Crippen molar-refractivity contribution >= 4 is 71.1 Å². The fourth-order valence-corrected chi connectivity index (χ4v) is 7.95. The summed E-state index contributed by atoms with van der Waals surface area (Å²) in [5.74, 6) is 0. The van der Waals surface area contributed by atoms with Gasteiger partial charge in [-0.2, -0.15) is 0 Å². The molecule has 50 heavy (non-hydrogen) atoms. The average molecular weight is 639 g/mol. The summed E-state index contributed by atoms with van der Waals surface area (Å²) < 4.78 is 2.42. The Labute approximate surface area is 291 Å². The predicted octanol–water partition coefficient (Wildman–Crippen LogP) is 12.8. The van der Waals surface area contributed by atoms with Crippen LogP contribution in [0.4, 0.5) is 11.4 Å². The van der Waals surface area contributed by atoms with Crippen LogP contribution in [0.1, 0.15) is 12.0 Å². The van der Waals surface area contributed by atoms with E-state index in [1.54, 1.807) is 0 Å². The van der Waals surface area contributed by atoms with E-state index in [1.165, 1.54) is 82.3 Å². The highest BCUT2D eigenvalue weighted by atomic mass is 15.2. The van der Waals surface area contributed by atoms with Gasteiger partial charge in [-0.05, 0) is 111 Å². The second kappa shape index (κ2) is 11.6. The SMILES string of the molecule is C1=CC(N(c2ccccc2)c2ccc3cc(-n4c5ccccc5c5cc6ccccc6cc54)ccc3c2)CC=C1c1ccc2ccccc2c1. The van der Waals surface area contributed by atoms with Gasteiger partial charge in [-0.1, -0.05) is 127 Å². The number of fused-ring (bicyclic) bond motifs is 6. The molecule has 0 N–H and O–H groups in total. The molecule has 0 amide bonds. The van der Waals surface area contributed by atoms with E-state index in [4.69, 9.17) is 0 Å². The van der Waals surface area contributed by atoms with Gasteiger partial charge in [-0.15, -0.1) is 0 Å². The average Bonchev–Trinajstić information content (AvgIpc) is 3.50. The molecule has 10 rings (SSSR count). The van der Waals surface area contributed by atoms with Crippen molar-refractivity contribution in [2.24, 2.45) is 0 Å². The van der Waals surface area contributed by atoms with Crippen LogP contribution in [-0.2, 0) is 0 Å². The molecule has 0 bridgehead atoms. The van der Waals surface area contributed by atoms with E-state index in [-0.39, 0.29) is 6.04 Å². The first-order valence-corrected chi connectivity index (χ1v) is 17.4. The highest BCUT2D eigenvalue weighted by Crippen LogP contribution is 2.38. The summed E-state index contributed by atoms with van der Waals surface area (Å²) in [5, 5.41) is 10.1. The molecule has 1 atom stereocenters. The third-order valence-corrected chi connectivity index (χ3v) is 10.4. The number of benzene rings is 8. The highest BCUT2D eigenvalue weighted by Gasteiger charge is 2.21. The molecule has 0 saturated heterocycles. The summed E-state index contributed by atoms with van der Waals surface area (Å²) in [6.07, 6.45) is 7.99. The molecule has 2 heteroatoms. The first-order valence-electron chi connectivity index (χ1n) is 17.4. The standard InChI is InChI=1S/C48H34N2/c1-2-14-41(15-3-1)49(42-24-20-34(21-25-42)38-19-18-33-10-4-5-11-35(33)28-38)43-26-22-40-30-44(27-23-39(40)29-43)50-47-17-9-8-16-45(47)46-31-36-12-6-7-13-37(36)32-48(46)50/h1-24,26-32,42H,25H2. The van der Waals surface area contributed by atoms with Crippen LogP contribution in [0.3, 0.4) is 0 Å². The van der Waals surface area contributed by atoms with E-state index in [0.29, 0.717) is 0 Å². The molecule has 0 fully saturated rings. The van der Waals surface area contributed by atoms with Crippen LogP contribution in [0.25, 0.3) is 65.4 Å². The minimum atomic E-state index is 0.200. The maximum atomic E-state index is 2.48. The summed E-state index contributed by atoms with van der Waals surface area (Å²) in [6, 6.07) is 62.3. The molecule has 236 valence electrons. The minimum absolute atomic E-state index is 0.200. The third kappa shape index (κ3) is 4.80. The van der Waals surface area contributed by atoms with Crippen LogP contribution in [0, 0.1) is 0 Å². The van der Waals surface area contributed by atoms with Crippen molar-refractivity contribution in [2.45, 2.75) is 12.5 Å². The lowest BCUT2D eigenvalue weighted by Crippen LogP contribution is -2.30. The Kier molecular flexibility index (Phi) is 6.67. The number of nitrogens with zero attached hydrogens (tertiary/aromatic N) is 2. The molecule has 0 saturated carbocycles. The van der Waals surface area contributed by atoms with Crippen molar-refractivity contribution in [1.82, 2.24) is 4.57 Å². The van der Waals surface area contributed by atoms with Gasteiger partial charge in [-0.25, -0.2) is 0 Å². The summed E-state index contributed by atoms with van der Waals surface area (Å²) >= 11 is 0. The Hall–Kier alpha value is -6.38. The van der Waals surface area contributed by atoms with E-state index in [9.17, 15) is 0 Å². The van der Waals surface area contributed by atoms with Crippen LogP contribution in [0.2, 0.25) is 0 Å². The molecular weight excluding hydrogens is 605 g/mol. The Balaban J connectivity index is 1.03. The Morgan fingerprint density at radius 3 is 1.94 bits per heavy atom. The smallest absolute Gasteiger partial charge is 0.0560 e. The van der Waals surface area contributed by atoms with Crippen molar-refractivity contribution in [3.05, 3.63) is 194 Å². The summed E-state index contributed by atoms with van der Waals surface area (Å²) in [7, 11) is 0. The molecule has 0 radical (unpaired) electrons. The van der Waals surface area contributed by atoms with Crippen LogP contribution in [0.15, 0.2) is 188 Å². The second-order valence-corrected chi connectivity index (χ2v) is 13.4. The van der Waals surface area contributed by atoms with E-state index >= 15 is 0 Å². The first-order chi connectivity index (χ1) is 24.8. The molecule has 0 aliphatic heterocycles. The monoisotopic (exact) mass is 638 g/mol. The molecule has 1 unspecified atom stereocenters. The van der Waals surface area contributed by atoms with Gasteiger partial charge in [-0.3, -0.25) is 0 Å². The van der Waals surface area contributed by atoms with Gasteiger partial charge >= 0.3 is 0 Å². The number of allylic oxidation sites excluding steroid dienone is 2. The molecular formula is C48H34N2. The van der Waals surface area contributed by atoms with Crippen molar-refractivity contribution in [3.63, 3.8) is 0 Å². The molecule has 2 nitrogen and oxygen atoms in total. The van der Waals surface area contributed by atoms with Gasteiger partial charge in [0, 0.05) is 27.8 Å². The predicted molar refractivity (Wildman–Crippen MR) is 214 cm³/mol. The van der Waals surface area contributed by atoms with Gasteiger partial charge in [0.1, 0.15) is 0 Å². The second-order valence-electron chi connectivity index (χ2n) is 13.4. The fraction of sp³-hybridized carbons (Fsp3) is 0.0417. The lowest BCUT2D eigenvalue weighted by molar-refractivity contribution is 0.787. The Morgan fingerprint density at radius 2 is 1.12 bits per heavy atom. The zero-order valence-electron chi connectivity index (χ0n) is 27.6. The van der Waals surface area contributed by atoms with Gasteiger partial charge in [0.2, 0.25) is 0 Å². The Morgan fingerprint density at radius 1 is 0.460 bits per heavy atom. The maximum absolute atomic E-state index is 2.48. The van der Waals surface area contributed by atoms with Crippen LogP contribution in [0.5, 0.6) is 0 Å². The van der Waals surface area contributed by atoms with Gasteiger partial charge in [0.25, 0.3) is 0 Å². The lowest BCUT2D eigenvalue weighted by Gasteiger charge is -2.33. The van der Waals surface area contributed by atoms with Gasteiger partial charge < -0.3 is 9.47 Å². The molecule has 1 aromatic heterocycles. The van der Waals surface area contributed by atoms with Crippen molar-refractivity contribution < 1.29 is 0 Å². The van der Waals surface area contributed by atoms with E-state index in [0.717, 1.165) is 6.42 Å². The zero-order chi connectivity index (χ0) is 33.0. The van der Waals surface area contributed by atoms with E-state index in [2.05, 4.69) is 198 Å². The van der Waals surface area contributed by atoms with Crippen LogP contribution in [-0.4, -0.2) is 10.6 Å².